The molecule has 2 aromatic carbocycles. The van der Waals surface area contributed by atoms with Crippen molar-refractivity contribution >= 4 is 40.3 Å². The van der Waals surface area contributed by atoms with Gasteiger partial charge in [0, 0.05) is 33.2 Å². The standard InChI is InChI=1S/C30H23N3O2S2/c1-18-8-10-21(11-9-18)37-33-28(20-6-3-5-19(15-20)24-16-25(24)30(34)35-2)27(22-12-14-36-26(22)17-31)23-7-4-13-32-29(23)33/h3-15,24-25H,16H2,1-2H3. The summed E-state index contributed by atoms with van der Waals surface area (Å²) in [4.78, 5) is 18.7. The van der Waals surface area contributed by atoms with Crippen molar-refractivity contribution in [2.24, 2.45) is 5.92 Å². The quantitative estimate of drug-likeness (QED) is 0.217. The van der Waals surface area contributed by atoms with Crippen molar-refractivity contribution in [1.82, 2.24) is 8.96 Å². The van der Waals surface area contributed by atoms with E-state index < -0.39 is 0 Å². The molecule has 0 N–H and O–H groups in total. The number of thiophene rings is 1. The lowest BCUT2D eigenvalue weighted by Gasteiger charge is -2.13. The zero-order chi connectivity index (χ0) is 25.5. The van der Waals surface area contributed by atoms with Crippen LogP contribution in [0.25, 0.3) is 33.4 Å². The number of nitriles is 1. The molecule has 1 aliphatic rings. The number of benzene rings is 2. The van der Waals surface area contributed by atoms with E-state index in [4.69, 9.17) is 9.72 Å². The molecular formula is C30H23N3O2S2. The van der Waals surface area contributed by atoms with Crippen LogP contribution < -0.4 is 0 Å². The maximum Gasteiger partial charge on any atom is 0.309 e. The number of aryl methyl sites for hydroxylation is 1. The highest BCUT2D eigenvalue weighted by Crippen LogP contribution is 2.50. The van der Waals surface area contributed by atoms with Gasteiger partial charge in [-0.1, -0.05) is 35.9 Å². The minimum atomic E-state index is -0.152. The van der Waals surface area contributed by atoms with Gasteiger partial charge in [0.15, 0.2) is 5.65 Å². The summed E-state index contributed by atoms with van der Waals surface area (Å²) in [7, 11) is 1.45. The normalized spacial score (nSPS) is 16.5. The van der Waals surface area contributed by atoms with Gasteiger partial charge < -0.3 is 4.74 Å². The van der Waals surface area contributed by atoms with Gasteiger partial charge in [-0.3, -0.25) is 8.77 Å². The van der Waals surface area contributed by atoms with Gasteiger partial charge in [0.2, 0.25) is 0 Å². The number of carbonyl (C=O) groups is 1. The number of rotatable bonds is 6. The number of nitrogens with zero attached hydrogens (tertiary/aromatic N) is 3. The Hall–Kier alpha value is -3.86. The second-order valence-corrected chi connectivity index (χ2v) is 11.1. The predicted molar refractivity (Wildman–Crippen MR) is 148 cm³/mol. The molecule has 0 aliphatic heterocycles. The summed E-state index contributed by atoms with van der Waals surface area (Å²) < 4.78 is 7.16. The number of fused-ring (bicyclic) bond motifs is 1. The largest absolute Gasteiger partial charge is 0.469 e. The van der Waals surface area contributed by atoms with Crippen molar-refractivity contribution in [2.75, 3.05) is 7.11 Å². The summed E-state index contributed by atoms with van der Waals surface area (Å²) in [6.07, 6.45) is 2.61. The van der Waals surface area contributed by atoms with E-state index in [-0.39, 0.29) is 17.8 Å². The monoisotopic (exact) mass is 521 g/mol. The Kier molecular flexibility index (Phi) is 6.07. The zero-order valence-electron chi connectivity index (χ0n) is 20.3. The third-order valence-corrected chi connectivity index (χ3v) is 8.66. The van der Waals surface area contributed by atoms with E-state index in [1.165, 1.54) is 24.0 Å². The van der Waals surface area contributed by atoms with E-state index in [1.807, 2.05) is 29.8 Å². The summed E-state index contributed by atoms with van der Waals surface area (Å²) in [6.45, 7) is 2.08. The highest BCUT2D eigenvalue weighted by atomic mass is 32.2. The first-order chi connectivity index (χ1) is 18.1. The van der Waals surface area contributed by atoms with Crippen LogP contribution in [0.15, 0.2) is 83.2 Å². The third-order valence-electron chi connectivity index (χ3n) is 6.82. The molecule has 37 heavy (non-hydrogen) atoms. The van der Waals surface area contributed by atoms with Gasteiger partial charge >= 0.3 is 5.97 Å². The number of methoxy groups -OCH3 is 1. The fourth-order valence-corrected chi connectivity index (χ4v) is 6.58. The fourth-order valence-electron chi connectivity index (χ4n) is 4.90. The van der Waals surface area contributed by atoms with Crippen LogP contribution in [0.2, 0.25) is 0 Å². The molecular weight excluding hydrogens is 498 g/mol. The molecule has 0 amide bonds. The molecule has 2 atom stereocenters. The first-order valence-electron chi connectivity index (χ1n) is 12.0. The molecule has 2 unspecified atom stereocenters. The number of hydrogen-bond donors (Lipinski definition) is 0. The number of aromatic nitrogens is 2. The Bertz CT molecular complexity index is 1680. The molecule has 182 valence electrons. The van der Waals surface area contributed by atoms with Crippen molar-refractivity contribution in [3.05, 3.63) is 94.3 Å². The van der Waals surface area contributed by atoms with Crippen LogP contribution in [0.3, 0.4) is 0 Å². The van der Waals surface area contributed by atoms with Crippen molar-refractivity contribution in [2.45, 2.75) is 24.2 Å². The molecule has 3 aromatic heterocycles. The van der Waals surface area contributed by atoms with Crippen LogP contribution in [-0.2, 0) is 9.53 Å². The van der Waals surface area contributed by atoms with E-state index in [0.29, 0.717) is 4.88 Å². The van der Waals surface area contributed by atoms with Crippen LogP contribution in [0.5, 0.6) is 0 Å². The summed E-state index contributed by atoms with van der Waals surface area (Å²) >= 11 is 3.07. The van der Waals surface area contributed by atoms with E-state index in [0.717, 1.165) is 50.3 Å². The van der Waals surface area contributed by atoms with E-state index in [2.05, 4.69) is 65.5 Å². The molecule has 5 aromatic rings. The molecule has 7 heteroatoms. The van der Waals surface area contributed by atoms with Gasteiger partial charge in [0.25, 0.3) is 0 Å². The van der Waals surface area contributed by atoms with Crippen molar-refractivity contribution in [3.63, 3.8) is 0 Å². The molecule has 1 fully saturated rings. The number of ether oxygens (including phenoxy) is 1. The molecule has 1 saturated carbocycles. The minimum Gasteiger partial charge on any atom is -0.469 e. The second kappa shape index (κ2) is 9.55. The van der Waals surface area contributed by atoms with Crippen LogP contribution in [-0.4, -0.2) is 22.0 Å². The Morgan fingerprint density at radius 1 is 1.16 bits per heavy atom. The predicted octanol–water partition coefficient (Wildman–Crippen LogP) is 7.44. The minimum absolute atomic E-state index is 0.0868. The summed E-state index contributed by atoms with van der Waals surface area (Å²) in [5.41, 5.74) is 7.09. The first kappa shape index (κ1) is 23.5. The highest BCUT2D eigenvalue weighted by molar-refractivity contribution is 7.98. The summed E-state index contributed by atoms with van der Waals surface area (Å²) in [6, 6.07) is 25.3. The van der Waals surface area contributed by atoms with Crippen molar-refractivity contribution < 1.29 is 9.53 Å². The van der Waals surface area contributed by atoms with Crippen LogP contribution in [0, 0.1) is 24.2 Å². The molecule has 6 rings (SSSR count). The smallest absolute Gasteiger partial charge is 0.309 e. The lowest BCUT2D eigenvalue weighted by atomic mass is 9.97. The molecule has 0 spiro atoms. The fraction of sp³-hybridized carbons (Fsp3) is 0.167. The molecule has 5 nitrogen and oxygen atoms in total. The topological polar surface area (TPSA) is 67.9 Å². The first-order valence-corrected chi connectivity index (χ1v) is 13.6. The Morgan fingerprint density at radius 2 is 2.00 bits per heavy atom. The Morgan fingerprint density at radius 3 is 2.78 bits per heavy atom. The van der Waals surface area contributed by atoms with E-state index >= 15 is 0 Å². The van der Waals surface area contributed by atoms with Gasteiger partial charge in [0.05, 0.1) is 18.7 Å². The molecule has 0 radical (unpaired) electrons. The Labute approximate surface area is 223 Å². The lowest BCUT2D eigenvalue weighted by Crippen LogP contribution is -2.04. The Balaban J connectivity index is 1.58. The van der Waals surface area contributed by atoms with Crippen molar-refractivity contribution in [1.29, 1.82) is 5.26 Å². The van der Waals surface area contributed by atoms with Crippen molar-refractivity contribution in [3.8, 4) is 28.5 Å². The molecule has 1 aliphatic carbocycles. The number of carbonyl (C=O) groups excluding carboxylic acids is 1. The number of esters is 1. The van der Waals surface area contributed by atoms with E-state index in [1.54, 1.807) is 11.9 Å². The SMILES string of the molecule is COC(=O)C1CC1c1cccc(-c2c(-c3ccsc3C#N)c3cccnc3n2Sc2ccc(C)cc2)c1. The summed E-state index contributed by atoms with van der Waals surface area (Å²) in [5.74, 6) is -0.0788. The van der Waals surface area contributed by atoms with E-state index in [9.17, 15) is 10.1 Å². The maximum absolute atomic E-state index is 12.1. The van der Waals surface area contributed by atoms with Crippen LogP contribution >= 0.6 is 23.3 Å². The average Bonchev–Trinajstić information content (AvgIpc) is 3.49. The highest BCUT2D eigenvalue weighted by Gasteiger charge is 2.45. The lowest BCUT2D eigenvalue weighted by molar-refractivity contribution is -0.142. The zero-order valence-corrected chi connectivity index (χ0v) is 22.0. The van der Waals surface area contributed by atoms with Gasteiger partial charge in [-0.2, -0.15) is 5.26 Å². The van der Waals surface area contributed by atoms with Gasteiger partial charge in [-0.15, -0.1) is 11.3 Å². The molecule has 0 bridgehead atoms. The van der Waals surface area contributed by atoms with Gasteiger partial charge in [0.1, 0.15) is 10.9 Å². The average molecular weight is 522 g/mol. The molecule has 0 saturated heterocycles. The summed E-state index contributed by atoms with van der Waals surface area (Å²) in [5, 5.41) is 12.8. The van der Waals surface area contributed by atoms with Crippen LogP contribution in [0.1, 0.15) is 28.3 Å². The molecule has 3 heterocycles. The number of hydrogen-bond acceptors (Lipinski definition) is 6. The van der Waals surface area contributed by atoms with Gasteiger partial charge in [-0.25, -0.2) is 4.98 Å². The third kappa shape index (κ3) is 4.22. The van der Waals surface area contributed by atoms with Gasteiger partial charge in [-0.05, 0) is 78.6 Å². The maximum atomic E-state index is 12.1. The number of pyridine rings is 1. The van der Waals surface area contributed by atoms with Crippen LogP contribution in [0.4, 0.5) is 0 Å². The second-order valence-electron chi connectivity index (χ2n) is 9.17.